The Hall–Kier alpha value is -1.07. The van der Waals surface area contributed by atoms with Crippen molar-refractivity contribution < 1.29 is 9.53 Å². The number of halogens is 1. The number of primary amides is 1. The average molecular weight is 273 g/mol. The zero-order chi connectivity index (χ0) is 11.4. The Labute approximate surface area is 96.7 Å². The number of carbonyl (C=O) groups is 1. The lowest BCUT2D eigenvalue weighted by atomic mass is 10.1. The van der Waals surface area contributed by atoms with E-state index in [0.717, 1.165) is 10.0 Å². The minimum Gasteiger partial charge on any atom is -0.496 e. The average Bonchev–Trinajstić information content (AvgIpc) is 2.18. The van der Waals surface area contributed by atoms with Gasteiger partial charge in [0.15, 0.2) is 0 Å². The van der Waals surface area contributed by atoms with Crippen LogP contribution in [0.15, 0.2) is 22.7 Å². The smallest absolute Gasteiger partial charge is 0.234 e. The molecule has 1 rings (SSSR count). The number of nitrogens with two attached hydrogens (primary N) is 2. The highest BCUT2D eigenvalue weighted by Crippen LogP contribution is 2.23. The Bertz CT molecular complexity index is 368. The van der Waals surface area contributed by atoms with Gasteiger partial charge in [-0.2, -0.15) is 0 Å². The highest BCUT2D eigenvalue weighted by atomic mass is 79.9. The number of methoxy groups -OCH3 is 1. The highest BCUT2D eigenvalue weighted by molar-refractivity contribution is 9.10. The van der Waals surface area contributed by atoms with Crippen molar-refractivity contribution in [3.63, 3.8) is 0 Å². The van der Waals surface area contributed by atoms with E-state index < -0.39 is 11.9 Å². The molecule has 0 aromatic heterocycles. The van der Waals surface area contributed by atoms with E-state index in [4.69, 9.17) is 16.2 Å². The van der Waals surface area contributed by atoms with Gasteiger partial charge in [-0.05, 0) is 23.8 Å². The van der Waals surface area contributed by atoms with Gasteiger partial charge in [0.05, 0.1) is 13.2 Å². The molecule has 4 N–H and O–H groups in total. The molecule has 82 valence electrons. The summed E-state index contributed by atoms with van der Waals surface area (Å²) >= 11 is 3.34. The zero-order valence-electron chi connectivity index (χ0n) is 8.37. The summed E-state index contributed by atoms with van der Waals surface area (Å²) in [6.07, 6.45) is 0.373. The molecular weight excluding hydrogens is 260 g/mol. The molecule has 0 heterocycles. The lowest BCUT2D eigenvalue weighted by Gasteiger charge is -2.11. The second-order valence-corrected chi connectivity index (χ2v) is 4.08. The van der Waals surface area contributed by atoms with Gasteiger partial charge in [0.2, 0.25) is 5.91 Å². The highest BCUT2D eigenvalue weighted by Gasteiger charge is 2.13. The summed E-state index contributed by atoms with van der Waals surface area (Å²) in [5.74, 6) is 0.187. The van der Waals surface area contributed by atoms with Crippen LogP contribution in [0.5, 0.6) is 5.75 Å². The zero-order valence-corrected chi connectivity index (χ0v) is 9.95. The fourth-order valence-electron chi connectivity index (χ4n) is 1.24. The molecule has 0 spiro atoms. The molecule has 0 saturated heterocycles. The molecule has 1 amide bonds. The molecule has 1 atom stereocenters. The van der Waals surface area contributed by atoms with Crippen LogP contribution in [0.25, 0.3) is 0 Å². The second-order valence-electron chi connectivity index (χ2n) is 3.17. The molecule has 0 aliphatic rings. The summed E-state index contributed by atoms with van der Waals surface area (Å²) in [7, 11) is 1.57. The van der Waals surface area contributed by atoms with Crippen LogP contribution >= 0.6 is 15.9 Å². The predicted octanol–water partition coefficient (Wildman–Crippen LogP) is 0.813. The van der Waals surface area contributed by atoms with Crippen LogP contribution in [-0.4, -0.2) is 19.1 Å². The maximum atomic E-state index is 10.8. The van der Waals surface area contributed by atoms with Gasteiger partial charge in [-0.15, -0.1) is 0 Å². The Kier molecular flexibility index (Phi) is 4.11. The van der Waals surface area contributed by atoms with Gasteiger partial charge in [-0.1, -0.05) is 15.9 Å². The van der Waals surface area contributed by atoms with Gasteiger partial charge in [0.25, 0.3) is 0 Å². The molecule has 0 bridgehead atoms. The van der Waals surface area contributed by atoms with Crippen molar-refractivity contribution in [1.29, 1.82) is 0 Å². The molecular formula is C10H13BrN2O2. The fraction of sp³-hybridized carbons (Fsp3) is 0.300. The predicted molar refractivity (Wildman–Crippen MR) is 61.6 cm³/mol. The van der Waals surface area contributed by atoms with E-state index in [1.165, 1.54) is 0 Å². The van der Waals surface area contributed by atoms with Gasteiger partial charge in [-0.25, -0.2) is 0 Å². The molecule has 1 unspecified atom stereocenters. The van der Waals surface area contributed by atoms with Crippen molar-refractivity contribution in [2.75, 3.05) is 7.11 Å². The minimum atomic E-state index is -0.687. The monoisotopic (exact) mass is 272 g/mol. The van der Waals surface area contributed by atoms with Crippen molar-refractivity contribution in [2.24, 2.45) is 11.5 Å². The van der Waals surface area contributed by atoms with E-state index in [9.17, 15) is 4.79 Å². The lowest BCUT2D eigenvalue weighted by Crippen LogP contribution is -2.38. The summed E-state index contributed by atoms with van der Waals surface area (Å²) in [6, 6.07) is 4.85. The Morgan fingerprint density at radius 1 is 1.60 bits per heavy atom. The first-order chi connectivity index (χ1) is 7.04. The summed E-state index contributed by atoms with van der Waals surface area (Å²) in [5, 5.41) is 0. The molecule has 0 radical (unpaired) electrons. The van der Waals surface area contributed by atoms with Crippen molar-refractivity contribution in [3.8, 4) is 5.75 Å². The quantitative estimate of drug-likeness (QED) is 0.852. The van der Waals surface area contributed by atoms with Crippen molar-refractivity contribution in [1.82, 2.24) is 0 Å². The number of carbonyl (C=O) groups excluding carboxylic acids is 1. The summed E-state index contributed by atoms with van der Waals surface area (Å²) < 4.78 is 6.06. The number of hydrogen-bond donors (Lipinski definition) is 2. The van der Waals surface area contributed by atoms with E-state index >= 15 is 0 Å². The van der Waals surface area contributed by atoms with Crippen LogP contribution in [0.3, 0.4) is 0 Å². The van der Waals surface area contributed by atoms with Gasteiger partial charge in [-0.3, -0.25) is 4.79 Å². The first-order valence-electron chi connectivity index (χ1n) is 4.42. The summed E-state index contributed by atoms with van der Waals surface area (Å²) in [5.41, 5.74) is 11.5. The van der Waals surface area contributed by atoms with Crippen LogP contribution in [0.4, 0.5) is 0 Å². The third-order valence-electron chi connectivity index (χ3n) is 2.05. The molecule has 0 aliphatic carbocycles. The molecule has 1 aromatic carbocycles. The molecule has 5 heteroatoms. The summed E-state index contributed by atoms with van der Waals surface area (Å²) in [6.45, 7) is 0. The van der Waals surface area contributed by atoms with Gasteiger partial charge in [0, 0.05) is 10.9 Å². The topological polar surface area (TPSA) is 78.3 Å². The van der Waals surface area contributed by atoms with Crippen LogP contribution in [0.2, 0.25) is 0 Å². The second kappa shape index (κ2) is 5.14. The first-order valence-corrected chi connectivity index (χ1v) is 5.21. The number of rotatable bonds is 4. The standard InChI is InChI=1S/C10H13BrN2O2/c1-15-9-3-2-7(11)4-6(9)5-8(12)10(13)14/h2-4,8H,5,12H2,1H3,(H2,13,14). The third kappa shape index (κ3) is 3.21. The normalized spacial score (nSPS) is 12.2. The Balaban J connectivity index is 2.91. The third-order valence-corrected chi connectivity index (χ3v) is 2.54. The van der Waals surface area contributed by atoms with E-state index in [2.05, 4.69) is 15.9 Å². The largest absolute Gasteiger partial charge is 0.496 e. The Morgan fingerprint density at radius 2 is 2.27 bits per heavy atom. The van der Waals surface area contributed by atoms with Crippen LogP contribution in [-0.2, 0) is 11.2 Å². The van der Waals surface area contributed by atoms with Crippen molar-refractivity contribution >= 4 is 21.8 Å². The van der Waals surface area contributed by atoms with Gasteiger partial charge in [0.1, 0.15) is 5.75 Å². The van der Waals surface area contributed by atoms with Crippen LogP contribution in [0.1, 0.15) is 5.56 Å². The van der Waals surface area contributed by atoms with Gasteiger partial charge < -0.3 is 16.2 Å². The number of ether oxygens (including phenoxy) is 1. The maximum absolute atomic E-state index is 10.8. The summed E-state index contributed by atoms with van der Waals surface area (Å²) in [4.78, 5) is 10.8. The Morgan fingerprint density at radius 3 is 2.80 bits per heavy atom. The molecule has 4 nitrogen and oxygen atoms in total. The lowest BCUT2D eigenvalue weighted by molar-refractivity contribution is -0.119. The van der Waals surface area contributed by atoms with Crippen molar-refractivity contribution in [3.05, 3.63) is 28.2 Å². The van der Waals surface area contributed by atoms with E-state index in [1.807, 2.05) is 18.2 Å². The van der Waals surface area contributed by atoms with Gasteiger partial charge >= 0.3 is 0 Å². The number of hydrogen-bond acceptors (Lipinski definition) is 3. The molecule has 0 fully saturated rings. The van der Waals surface area contributed by atoms with Crippen LogP contribution < -0.4 is 16.2 Å². The molecule has 15 heavy (non-hydrogen) atoms. The van der Waals surface area contributed by atoms with Crippen LogP contribution in [0, 0.1) is 0 Å². The minimum absolute atomic E-state index is 0.373. The van der Waals surface area contributed by atoms with E-state index in [0.29, 0.717) is 12.2 Å². The van der Waals surface area contributed by atoms with E-state index in [-0.39, 0.29) is 0 Å². The van der Waals surface area contributed by atoms with Crippen molar-refractivity contribution in [2.45, 2.75) is 12.5 Å². The molecule has 0 saturated carbocycles. The maximum Gasteiger partial charge on any atom is 0.234 e. The molecule has 1 aromatic rings. The number of amides is 1. The van der Waals surface area contributed by atoms with E-state index in [1.54, 1.807) is 7.11 Å². The first kappa shape index (κ1) is 12.0. The fourth-order valence-corrected chi connectivity index (χ4v) is 1.65. The molecule has 0 aliphatic heterocycles. The SMILES string of the molecule is COc1ccc(Br)cc1CC(N)C(N)=O. The number of benzene rings is 1.